The first-order valence-electron chi connectivity index (χ1n) is 6.24. The molecule has 0 aliphatic heterocycles. The van der Waals surface area contributed by atoms with Gasteiger partial charge in [0, 0.05) is 0 Å². The van der Waals surface area contributed by atoms with E-state index in [0.29, 0.717) is 18.6 Å². The van der Waals surface area contributed by atoms with Crippen LogP contribution in [0.2, 0.25) is 0 Å². The molecule has 0 saturated heterocycles. The zero-order chi connectivity index (χ0) is 14.3. The van der Waals surface area contributed by atoms with Crippen molar-refractivity contribution >= 4 is 11.9 Å². The van der Waals surface area contributed by atoms with Gasteiger partial charge in [-0.05, 0) is 31.0 Å². The van der Waals surface area contributed by atoms with Crippen LogP contribution in [0, 0.1) is 6.92 Å². The van der Waals surface area contributed by atoms with Gasteiger partial charge in [-0.15, -0.1) is 0 Å². The van der Waals surface area contributed by atoms with Crippen LogP contribution >= 0.6 is 0 Å². The van der Waals surface area contributed by atoms with E-state index in [1.807, 2.05) is 32.0 Å². The molecule has 19 heavy (non-hydrogen) atoms. The molecule has 0 aliphatic carbocycles. The van der Waals surface area contributed by atoms with Crippen LogP contribution in [0.4, 0.5) is 0 Å². The lowest BCUT2D eigenvalue weighted by Crippen LogP contribution is -2.42. The van der Waals surface area contributed by atoms with E-state index in [1.165, 1.54) is 0 Å². The molecule has 0 spiro atoms. The third kappa shape index (κ3) is 5.42. The first-order chi connectivity index (χ1) is 9.02. The van der Waals surface area contributed by atoms with Gasteiger partial charge < -0.3 is 15.2 Å². The van der Waals surface area contributed by atoms with Crippen LogP contribution in [0.15, 0.2) is 24.3 Å². The fraction of sp³-hybridized carbons (Fsp3) is 0.429. The van der Waals surface area contributed by atoms with Crippen molar-refractivity contribution in [2.24, 2.45) is 0 Å². The highest BCUT2D eigenvalue weighted by Gasteiger charge is 2.18. The van der Waals surface area contributed by atoms with Crippen molar-refractivity contribution in [2.75, 3.05) is 6.61 Å². The van der Waals surface area contributed by atoms with Crippen molar-refractivity contribution < 1.29 is 19.4 Å². The number of aryl methyl sites for hydroxylation is 1. The Bertz CT molecular complexity index is 445. The maximum absolute atomic E-state index is 11.6. The number of carboxylic acid groups (broad SMARTS) is 1. The Morgan fingerprint density at radius 3 is 2.74 bits per heavy atom. The molecule has 0 unspecified atom stereocenters. The van der Waals surface area contributed by atoms with E-state index in [0.717, 1.165) is 5.56 Å². The summed E-state index contributed by atoms with van der Waals surface area (Å²) in [7, 11) is 0. The van der Waals surface area contributed by atoms with Gasteiger partial charge in [-0.3, -0.25) is 4.79 Å². The average molecular weight is 265 g/mol. The Kier molecular flexibility index (Phi) is 5.85. The topological polar surface area (TPSA) is 75.6 Å². The van der Waals surface area contributed by atoms with Crippen molar-refractivity contribution in [2.45, 2.75) is 32.7 Å². The molecule has 0 aliphatic rings. The lowest BCUT2D eigenvalue weighted by molar-refractivity contribution is -0.142. The molecule has 104 valence electrons. The zero-order valence-electron chi connectivity index (χ0n) is 11.2. The quantitative estimate of drug-likeness (QED) is 0.787. The van der Waals surface area contributed by atoms with E-state index in [4.69, 9.17) is 9.84 Å². The van der Waals surface area contributed by atoms with Crippen LogP contribution in [-0.4, -0.2) is 29.6 Å². The minimum absolute atomic E-state index is 0.184. The van der Waals surface area contributed by atoms with E-state index in [2.05, 4.69) is 5.32 Å². The number of aliphatic carboxylic acids is 1. The molecule has 0 fully saturated rings. The van der Waals surface area contributed by atoms with E-state index >= 15 is 0 Å². The van der Waals surface area contributed by atoms with Gasteiger partial charge in [0.05, 0.1) is 0 Å². The number of rotatable bonds is 7. The molecular weight excluding hydrogens is 246 g/mol. The van der Waals surface area contributed by atoms with E-state index in [-0.39, 0.29) is 6.61 Å². The van der Waals surface area contributed by atoms with Crippen molar-refractivity contribution in [1.82, 2.24) is 5.32 Å². The van der Waals surface area contributed by atoms with Gasteiger partial charge in [-0.25, -0.2) is 4.79 Å². The number of amides is 1. The molecular formula is C14H19NO4. The fourth-order valence-electron chi connectivity index (χ4n) is 1.64. The highest BCUT2D eigenvalue weighted by Crippen LogP contribution is 2.11. The molecule has 2 N–H and O–H groups in total. The zero-order valence-corrected chi connectivity index (χ0v) is 11.2. The molecule has 0 radical (unpaired) electrons. The summed E-state index contributed by atoms with van der Waals surface area (Å²) in [5.41, 5.74) is 1.03. The number of nitrogens with one attached hydrogen (secondary N) is 1. The standard InChI is InChI=1S/C14H19NO4/c1-3-5-12(14(17)18)15-13(16)9-19-11-7-4-6-10(2)8-11/h4,6-8,12H,3,5,9H2,1-2H3,(H,15,16)(H,17,18)/t12-/m0/s1. The summed E-state index contributed by atoms with van der Waals surface area (Å²) in [5, 5.41) is 11.4. The van der Waals surface area contributed by atoms with Gasteiger partial charge in [-0.1, -0.05) is 25.5 Å². The molecule has 0 bridgehead atoms. The summed E-state index contributed by atoms with van der Waals surface area (Å²) in [5.74, 6) is -0.856. The van der Waals surface area contributed by atoms with Gasteiger partial charge in [0.25, 0.3) is 5.91 Å². The molecule has 0 aromatic heterocycles. The van der Waals surface area contributed by atoms with Crippen LogP contribution in [0.5, 0.6) is 5.75 Å². The predicted molar refractivity (Wildman–Crippen MR) is 71.1 cm³/mol. The Labute approximate surface area is 112 Å². The first-order valence-corrected chi connectivity index (χ1v) is 6.24. The van der Waals surface area contributed by atoms with Gasteiger partial charge in [0.2, 0.25) is 0 Å². The Hall–Kier alpha value is -2.04. The highest BCUT2D eigenvalue weighted by molar-refractivity contribution is 5.84. The summed E-state index contributed by atoms with van der Waals surface area (Å²) in [6.07, 6.45) is 1.10. The number of carbonyl (C=O) groups excluding carboxylic acids is 1. The number of benzene rings is 1. The maximum atomic E-state index is 11.6. The van der Waals surface area contributed by atoms with Crippen LogP contribution < -0.4 is 10.1 Å². The monoisotopic (exact) mass is 265 g/mol. The molecule has 5 nitrogen and oxygen atoms in total. The lowest BCUT2D eigenvalue weighted by atomic mass is 10.2. The Balaban J connectivity index is 2.44. The minimum Gasteiger partial charge on any atom is -0.484 e. The van der Waals surface area contributed by atoms with Crippen molar-refractivity contribution in [1.29, 1.82) is 0 Å². The Morgan fingerprint density at radius 1 is 1.42 bits per heavy atom. The number of hydrogen-bond donors (Lipinski definition) is 2. The molecule has 1 amide bonds. The van der Waals surface area contributed by atoms with Crippen molar-refractivity contribution in [3.63, 3.8) is 0 Å². The van der Waals surface area contributed by atoms with Gasteiger partial charge in [0.1, 0.15) is 11.8 Å². The summed E-state index contributed by atoms with van der Waals surface area (Å²) in [4.78, 5) is 22.5. The molecule has 1 aromatic rings. The second-order valence-corrected chi connectivity index (χ2v) is 4.35. The van der Waals surface area contributed by atoms with E-state index in [9.17, 15) is 9.59 Å². The van der Waals surface area contributed by atoms with Crippen LogP contribution in [0.25, 0.3) is 0 Å². The number of carbonyl (C=O) groups is 2. The van der Waals surface area contributed by atoms with Crippen LogP contribution in [-0.2, 0) is 9.59 Å². The van der Waals surface area contributed by atoms with Gasteiger partial charge in [0.15, 0.2) is 6.61 Å². The maximum Gasteiger partial charge on any atom is 0.326 e. The first kappa shape index (κ1) is 15.0. The molecule has 1 rings (SSSR count). The van der Waals surface area contributed by atoms with Crippen molar-refractivity contribution in [3.8, 4) is 5.75 Å². The highest BCUT2D eigenvalue weighted by atomic mass is 16.5. The molecule has 5 heteroatoms. The molecule has 1 aromatic carbocycles. The van der Waals surface area contributed by atoms with Crippen LogP contribution in [0.1, 0.15) is 25.3 Å². The second kappa shape index (κ2) is 7.41. The molecule has 1 atom stereocenters. The normalized spacial score (nSPS) is 11.7. The largest absolute Gasteiger partial charge is 0.484 e. The number of carboxylic acids is 1. The molecule has 0 saturated carbocycles. The van der Waals surface area contributed by atoms with E-state index in [1.54, 1.807) is 6.07 Å². The predicted octanol–water partition coefficient (Wildman–Crippen LogP) is 1.74. The Morgan fingerprint density at radius 2 is 2.16 bits per heavy atom. The van der Waals surface area contributed by atoms with Crippen LogP contribution in [0.3, 0.4) is 0 Å². The minimum atomic E-state index is -1.02. The fourth-order valence-corrected chi connectivity index (χ4v) is 1.64. The van der Waals surface area contributed by atoms with Gasteiger partial charge >= 0.3 is 5.97 Å². The summed E-state index contributed by atoms with van der Waals surface area (Å²) >= 11 is 0. The number of hydrogen-bond acceptors (Lipinski definition) is 3. The SMILES string of the molecule is CCC[C@H](NC(=O)COc1cccc(C)c1)C(=O)O. The number of ether oxygens (including phenoxy) is 1. The third-order valence-corrected chi connectivity index (χ3v) is 2.57. The second-order valence-electron chi connectivity index (χ2n) is 4.35. The summed E-state index contributed by atoms with van der Waals surface area (Å²) in [6, 6.07) is 6.47. The van der Waals surface area contributed by atoms with Crippen molar-refractivity contribution in [3.05, 3.63) is 29.8 Å². The smallest absolute Gasteiger partial charge is 0.326 e. The summed E-state index contributed by atoms with van der Waals surface area (Å²) in [6.45, 7) is 3.61. The third-order valence-electron chi connectivity index (χ3n) is 2.57. The van der Waals surface area contributed by atoms with E-state index < -0.39 is 17.9 Å². The summed E-state index contributed by atoms with van der Waals surface area (Å²) < 4.78 is 5.30. The van der Waals surface area contributed by atoms with Gasteiger partial charge in [-0.2, -0.15) is 0 Å². The average Bonchev–Trinajstić information content (AvgIpc) is 2.36. The molecule has 0 heterocycles. The lowest BCUT2D eigenvalue weighted by Gasteiger charge is -2.14.